The number of hydrogen-bond donors (Lipinski definition) is 2. The Balaban J connectivity index is 2.36. The van der Waals surface area contributed by atoms with E-state index in [2.05, 4.69) is 5.32 Å². The fourth-order valence-corrected chi connectivity index (χ4v) is 2.30. The maximum Gasteiger partial charge on any atom is 0.308 e. The van der Waals surface area contributed by atoms with E-state index in [1.165, 1.54) is 19.2 Å². The molecule has 2 N–H and O–H groups in total. The highest BCUT2D eigenvalue weighted by Crippen LogP contribution is 2.33. The van der Waals surface area contributed by atoms with E-state index in [1.54, 1.807) is 6.07 Å². The first-order valence-electron chi connectivity index (χ1n) is 5.86. The molecule has 1 heterocycles. The standard InChI is InChI=1S/C13H14FNO4/c1-19-7-2-3-8(11(14)4-7)9-5-12(16)15-6-10(9)13(17)18/h2-4,9-10H,5-6H2,1H3,(H,15,16)(H,17,18). The van der Waals surface area contributed by atoms with Crippen LogP contribution in [0.15, 0.2) is 18.2 Å². The van der Waals surface area contributed by atoms with Crippen LogP contribution in [0.3, 0.4) is 0 Å². The number of rotatable bonds is 3. The number of methoxy groups -OCH3 is 1. The van der Waals surface area contributed by atoms with E-state index in [-0.39, 0.29) is 24.4 Å². The normalized spacial score (nSPS) is 22.7. The SMILES string of the molecule is COc1ccc(C2CC(=O)NCC2C(=O)O)c(F)c1. The summed E-state index contributed by atoms with van der Waals surface area (Å²) >= 11 is 0. The molecule has 102 valence electrons. The largest absolute Gasteiger partial charge is 0.497 e. The van der Waals surface area contributed by atoms with Crippen molar-refractivity contribution in [3.8, 4) is 5.75 Å². The summed E-state index contributed by atoms with van der Waals surface area (Å²) in [5, 5.41) is 11.6. The molecule has 1 fully saturated rings. The van der Waals surface area contributed by atoms with Gasteiger partial charge >= 0.3 is 5.97 Å². The third kappa shape index (κ3) is 2.67. The summed E-state index contributed by atoms with van der Waals surface area (Å²) in [4.78, 5) is 22.6. The maximum absolute atomic E-state index is 14.0. The van der Waals surface area contributed by atoms with Crippen LogP contribution in [0.1, 0.15) is 17.9 Å². The first-order chi connectivity index (χ1) is 9.02. The third-order valence-electron chi connectivity index (χ3n) is 3.33. The smallest absolute Gasteiger partial charge is 0.308 e. The molecule has 0 saturated carbocycles. The van der Waals surface area contributed by atoms with Crippen LogP contribution in [0.25, 0.3) is 0 Å². The number of carboxylic acid groups (broad SMARTS) is 1. The minimum absolute atomic E-state index is 0.0182. The van der Waals surface area contributed by atoms with Crippen molar-refractivity contribution in [1.82, 2.24) is 5.32 Å². The number of aliphatic carboxylic acids is 1. The molecule has 1 aromatic carbocycles. The molecule has 2 atom stereocenters. The van der Waals surface area contributed by atoms with Gasteiger partial charge in [-0.2, -0.15) is 0 Å². The molecule has 0 aliphatic carbocycles. The monoisotopic (exact) mass is 267 g/mol. The lowest BCUT2D eigenvalue weighted by Crippen LogP contribution is -2.43. The molecule has 1 aliphatic heterocycles. The molecule has 2 unspecified atom stereocenters. The number of hydrogen-bond acceptors (Lipinski definition) is 3. The lowest BCUT2D eigenvalue weighted by Gasteiger charge is -2.29. The van der Waals surface area contributed by atoms with Crippen LogP contribution in [0.2, 0.25) is 0 Å². The highest BCUT2D eigenvalue weighted by molar-refractivity contribution is 5.82. The Morgan fingerprint density at radius 1 is 1.53 bits per heavy atom. The summed E-state index contributed by atoms with van der Waals surface area (Å²) in [6.07, 6.45) is -0.0276. The topological polar surface area (TPSA) is 75.6 Å². The van der Waals surface area contributed by atoms with Crippen molar-refractivity contribution in [2.24, 2.45) is 5.92 Å². The van der Waals surface area contributed by atoms with Crippen LogP contribution in [0.4, 0.5) is 4.39 Å². The van der Waals surface area contributed by atoms with Gasteiger partial charge in [-0.3, -0.25) is 9.59 Å². The third-order valence-corrected chi connectivity index (χ3v) is 3.33. The van der Waals surface area contributed by atoms with Crippen molar-refractivity contribution < 1.29 is 23.8 Å². The lowest BCUT2D eigenvalue weighted by molar-refractivity contribution is -0.144. The summed E-state index contributed by atoms with van der Waals surface area (Å²) in [6.45, 7) is 0.0182. The maximum atomic E-state index is 14.0. The number of nitrogens with one attached hydrogen (secondary N) is 1. The second-order valence-corrected chi connectivity index (χ2v) is 4.45. The van der Waals surface area contributed by atoms with Crippen molar-refractivity contribution in [3.63, 3.8) is 0 Å². The molecule has 6 heteroatoms. The van der Waals surface area contributed by atoms with Crippen molar-refractivity contribution in [2.45, 2.75) is 12.3 Å². The zero-order valence-corrected chi connectivity index (χ0v) is 10.4. The quantitative estimate of drug-likeness (QED) is 0.861. The van der Waals surface area contributed by atoms with Crippen LogP contribution in [-0.4, -0.2) is 30.6 Å². The summed E-state index contributed by atoms with van der Waals surface area (Å²) in [5.41, 5.74) is 0.239. The molecule has 0 aromatic heterocycles. The van der Waals surface area contributed by atoms with Gasteiger partial charge in [0, 0.05) is 24.9 Å². The lowest BCUT2D eigenvalue weighted by atomic mass is 9.80. The Kier molecular flexibility index (Phi) is 3.69. The first-order valence-corrected chi connectivity index (χ1v) is 5.86. The van der Waals surface area contributed by atoms with E-state index in [1.807, 2.05) is 0 Å². The van der Waals surface area contributed by atoms with E-state index in [0.717, 1.165) is 0 Å². The Hall–Kier alpha value is -2.11. The second kappa shape index (κ2) is 5.26. The zero-order valence-electron chi connectivity index (χ0n) is 10.4. The van der Waals surface area contributed by atoms with E-state index in [0.29, 0.717) is 5.75 Å². The molecule has 1 saturated heterocycles. The molecule has 0 spiro atoms. The van der Waals surface area contributed by atoms with Gasteiger partial charge in [0.25, 0.3) is 0 Å². The van der Waals surface area contributed by atoms with E-state index in [4.69, 9.17) is 9.84 Å². The molecular weight excluding hydrogens is 253 g/mol. The van der Waals surface area contributed by atoms with Crippen LogP contribution in [0.5, 0.6) is 5.75 Å². The number of halogens is 1. The summed E-state index contributed by atoms with van der Waals surface area (Å²) in [7, 11) is 1.42. The number of carbonyl (C=O) groups excluding carboxylic acids is 1. The highest BCUT2D eigenvalue weighted by atomic mass is 19.1. The number of carbonyl (C=O) groups is 2. The Bertz CT molecular complexity index is 517. The van der Waals surface area contributed by atoms with Gasteiger partial charge < -0.3 is 15.2 Å². The van der Waals surface area contributed by atoms with E-state index >= 15 is 0 Å². The highest BCUT2D eigenvalue weighted by Gasteiger charge is 2.36. The van der Waals surface area contributed by atoms with Gasteiger partial charge in [0.1, 0.15) is 11.6 Å². The Labute approximate surface area is 109 Å². The predicted octanol–water partition coefficient (Wildman–Crippen LogP) is 1.14. The summed E-state index contributed by atoms with van der Waals surface area (Å²) in [5.74, 6) is -2.98. The molecule has 0 radical (unpaired) electrons. The van der Waals surface area contributed by atoms with Crippen molar-refractivity contribution in [1.29, 1.82) is 0 Å². The number of carboxylic acids is 1. The number of benzene rings is 1. The molecule has 1 aromatic rings. The van der Waals surface area contributed by atoms with Crippen molar-refractivity contribution in [3.05, 3.63) is 29.6 Å². The Morgan fingerprint density at radius 2 is 2.26 bits per heavy atom. The zero-order chi connectivity index (χ0) is 14.0. The van der Waals surface area contributed by atoms with Crippen LogP contribution in [0, 0.1) is 11.7 Å². The second-order valence-electron chi connectivity index (χ2n) is 4.45. The fourth-order valence-electron chi connectivity index (χ4n) is 2.30. The molecule has 0 bridgehead atoms. The van der Waals surface area contributed by atoms with Crippen LogP contribution in [-0.2, 0) is 9.59 Å². The molecule has 19 heavy (non-hydrogen) atoms. The predicted molar refractivity (Wildman–Crippen MR) is 64.4 cm³/mol. The number of ether oxygens (including phenoxy) is 1. The summed E-state index contributed by atoms with van der Waals surface area (Å²) < 4.78 is 18.9. The van der Waals surface area contributed by atoms with Gasteiger partial charge in [0.15, 0.2) is 0 Å². The van der Waals surface area contributed by atoms with Gasteiger partial charge in [0.05, 0.1) is 13.0 Å². The van der Waals surface area contributed by atoms with Crippen molar-refractivity contribution >= 4 is 11.9 Å². The van der Waals surface area contributed by atoms with Crippen LogP contribution < -0.4 is 10.1 Å². The Morgan fingerprint density at radius 3 is 2.84 bits per heavy atom. The van der Waals surface area contributed by atoms with Gasteiger partial charge in [-0.1, -0.05) is 6.07 Å². The number of amides is 1. The van der Waals surface area contributed by atoms with E-state index < -0.39 is 23.6 Å². The molecular formula is C13H14FNO4. The van der Waals surface area contributed by atoms with E-state index in [9.17, 15) is 14.0 Å². The first kappa shape index (κ1) is 13.3. The van der Waals surface area contributed by atoms with Gasteiger partial charge in [-0.05, 0) is 11.6 Å². The van der Waals surface area contributed by atoms with Gasteiger partial charge in [0.2, 0.25) is 5.91 Å². The average molecular weight is 267 g/mol. The minimum Gasteiger partial charge on any atom is -0.497 e. The molecule has 1 amide bonds. The molecule has 1 aliphatic rings. The average Bonchev–Trinajstić information content (AvgIpc) is 2.38. The van der Waals surface area contributed by atoms with Crippen LogP contribution >= 0.6 is 0 Å². The minimum atomic E-state index is -1.04. The number of piperidine rings is 1. The summed E-state index contributed by atoms with van der Waals surface area (Å²) in [6, 6.07) is 4.23. The van der Waals surface area contributed by atoms with Gasteiger partial charge in [-0.25, -0.2) is 4.39 Å². The van der Waals surface area contributed by atoms with Crippen molar-refractivity contribution in [2.75, 3.05) is 13.7 Å². The fraction of sp³-hybridized carbons (Fsp3) is 0.385. The molecule has 5 nitrogen and oxygen atoms in total. The molecule has 2 rings (SSSR count). The van der Waals surface area contributed by atoms with Gasteiger partial charge in [-0.15, -0.1) is 0 Å².